The second-order valence-electron chi connectivity index (χ2n) is 4.69. The molecule has 1 heterocycles. The molecule has 2 unspecified atom stereocenters. The molecular weight excluding hydrogens is 297 g/mol. The number of hydrogen-bond acceptors (Lipinski definition) is 3. The lowest BCUT2D eigenvalue weighted by Crippen LogP contribution is -2.53. The summed E-state index contributed by atoms with van der Waals surface area (Å²) in [5.74, 6) is 0.100. The highest BCUT2D eigenvalue weighted by Gasteiger charge is 2.33. The summed E-state index contributed by atoms with van der Waals surface area (Å²) in [6.45, 7) is 1.61. The van der Waals surface area contributed by atoms with E-state index in [-0.39, 0.29) is 6.42 Å². The van der Waals surface area contributed by atoms with Gasteiger partial charge in [-0.3, -0.25) is 4.79 Å². The third-order valence-electron chi connectivity index (χ3n) is 2.81. The van der Waals surface area contributed by atoms with E-state index in [1.165, 1.54) is 23.6 Å². The van der Waals surface area contributed by atoms with E-state index >= 15 is 0 Å². The average molecular weight is 314 g/mol. The summed E-state index contributed by atoms with van der Waals surface area (Å²) < 4.78 is 36.6. The minimum Gasteiger partial charge on any atom is -0.481 e. The second-order valence-corrected chi connectivity index (χ2v) is 5.84. The van der Waals surface area contributed by atoms with Crippen LogP contribution < -0.4 is 5.32 Å². The van der Waals surface area contributed by atoms with Crippen LogP contribution in [0.5, 0.6) is 0 Å². The molecule has 1 fully saturated rings. The Morgan fingerprint density at radius 1 is 1.50 bits per heavy atom. The van der Waals surface area contributed by atoms with Gasteiger partial charge in [-0.25, -0.2) is 4.79 Å². The molecule has 0 aromatic carbocycles. The lowest BCUT2D eigenvalue weighted by molar-refractivity contribution is -0.138. The van der Waals surface area contributed by atoms with Gasteiger partial charge in [-0.05, 0) is 6.92 Å². The zero-order valence-corrected chi connectivity index (χ0v) is 11.8. The van der Waals surface area contributed by atoms with Crippen LogP contribution in [0.3, 0.4) is 0 Å². The number of halogens is 3. The number of thioether (sulfide) groups is 1. The number of urea groups is 1. The molecule has 0 aromatic rings. The fourth-order valence-corrected chi connectivity index (χ4v) is 3.05. The number of nitrogens with zero attached hydrogens (tertiary/aromatic N) is 1. The quantitative estimate of drug-likeness (QED) is 0.832. The summed E-state index contributed by atoms with van der Waals surface area (Å²) in [4.78, 5) is 24.0. The molecule has 1 rings (SSSR count). The number of carboxylic acid groups (broad SMARTS) is 1. The molecule has 0 aromatic heterocycles. The number of rotatable bonds is 4. The Bertz CT molecular complexity index is 365. The maximum Gasteiger partial charge on any atom is 0.391 e. The molecular formula is C11H17F3N2O3S. The van der Waals surface area contributed by atoms with E-state index in [1.807, 2.05) is 0 Å². The van der Waals surface area contributed by atoms with Gasteiger partial charge in [-0.15, -0.1) is 0 Å². The zero-order valence-electron chi connectivity index (χ0n) is 10.9. The number of carboxylic acids is 1. The van der Waals surface area contributed by atoms with Crippen molar-refractivity contribution in [2.75, 3.05) is 18.1 Å². The SMILES string of the molecule is CC(CC(F)(F)F)NC(=O)N1CCSCC1CC(=O)O. The Morgan fingerprint density at radius 3 is 2.70 bits per heavy atom. The minimum absolute atomic E-state index is 0.200. The van der Waals surface area contributed by atoms with Gasteiger partial charge in [0.15, 0.2) is 0 Å². The van der Waals surface area contributed by atoms with Crippen molar-refractivity contribution in [3.8, 4) is 0 Å². The fraction of sp³-hybridized carbons (Fsp3) is 0.818. The molecule has 20 heavy (non-hydrogen) atoms. The molecule has 2 N–H and O–H groups in total. The number of aliphatic carboxylic acids is 1. The summed E-state index contributed by atoms with van der Waals surface area (Å²) >= 11 is 1.53. The van der Waals surface area contributed by atoms with Crippen molar-refractivity contribution in [3.63, 3.8) is 0 Å². The molecule has 2 atom stereocenters. The van der Waals surface area contributed by atoms with E-state index in [1.54, 1.807) is 0 Å². The predicted molar refractivity (Wildman–Crippen MR) is 68.7 cm³/mol. The van der Waals surface area contributed by atoms with Crippen LogP contribution in [-0.4, -0.2) is 58.3 Å². The molecule has 0 bridgehead atoms. The molecule has 1 aliphatic rings. The summed E-state index contributed by atoms with van der Waals surface area (Å²) in [5.41, 5.74) is 0. The van der Waals surface area contributed by atoms with Crippen molar-refractivity contribution in [3.05, 3.63) is 0 Å². The molecule has 0 saturated carbocycles. The molecule has 2 amide bonds. The molecule has 1 saturated heterocycles. The summed E-state index contributed by atoms with van der Waals surface area (Å²) in [5, 5.41) is 11.1. The maximum absolute atomic E-state index is 12.2. The van der Waals surface area contributed by atoms with Crippen LogP contribution in [0.15, 0.2) is 0 Å². The number of carbonyl (C=O) groups is 2. The Morgan fingerprint density at radius 2 is 2.15 bits per heavy atom. The first-order valence-electron chi connectivity index (χ1n) is 6.12. The summed E-state index contributed by atoms with van der Waals surface area (Å²) in [6.07, 6.45) is -5.65. The smallest absolute Gasteiger partial charge is 0.391 e. The lowest BCUT2D eigenvalue weighted by Gasteiger charge is -2.35. The minimum atomic E-state index is -4.34. The Kier molecular flexibility index (Phi) is 5.97. The van der Waals surface area contributed by atoms with E-state index in [0.717, 1.165) is 0 Å². The first-order chi connectivity index (χ1) is 9.19. The van der Waals surface area contributed by atoms with Gasteiger partial charge in [0.25, 0.3) is 0 Å². The third-order valence-corrected chi connectivity index (χ3v) is 3.90. The molecule has 1 aliphatic heterocycles. The van der Waals surface area contributed by atoms with Gasteiger partial charge in [0.05, 0.1) is 18.9 Å². The van der Waals surface area contributed by atoms with Gasteiger partial charge in [-0.2, -0.15) is 24.9 Å². The van der Waals surface area contributed by atoms with Crippen LogP contribution in [0.2, 0.25) is 0 Å². The Hall–Kier alpha value is -1.12. The van der Waals surface area contributed by atoms with Gasteiger partial charge in [0.2, 0.25) is 0 Å². The van der Waals surface area contributed by atoms with E-state index in [0.29, 0.717) is 18.1 Å². The molecule has 0 spiro atoms. The zero-order chi connectivity index (χ0) is 15.3. The fourth-order valence-electron chi connectivity index (χ4n) is 1.98. The average Bonchev–Trinajstić information content (AvgIpc) is 2.25. The summed E-state index contributed by atoms with van der Waals surface area (Å²) in [6, 6.07) is -2.15. The number of nitrogens with one attached hydrogen (secondary N) is 1. The van der Waals surface area contributed by atoms with Gasteiger partial charge in [0, 0.05) is 24.1 Å². The molecule has 5 nitrogen and oxygen atoms in total. The molecule has 0 aliphatic carbocycles. The van der Waals surface area contributed by atoms with Crippen LogP contribution in [0.1, 0.15) is 19.8 Å². The standard InChI is InChI=1S/C11H17F3N2O3S/c1-7(5-11(12,13)14)15-10(19)16-2-3-20-6-8(16)4-9(17)18/h7-8H,2-6H2,1H3,(H,15,19)(H,17,18). The van der Waals surface area contributed by atoms with Crippen LogP contribution in [0, 0.1) is 0 Å². The highest BCUT2D eigenvalue weighted by atomic mass is 32.2. The summed E-state index contributed by atoms with van der Waals surface area (Å²) in [7, 11) is 0. The van der Waals surface area contributed by atoms with Crippen LogP contribution >= 0.6 is 11.8 Å². The predicted octanol–water partition coefficient (Wildman–Crippen LogP) is 1.93. The highest BCUT2D eigenvalue weighted by molar-refractivity contribution is 7.99. The van der Waals surface area contributed by atoms with Crippen LogP contribution in [-0.2, 0) is 4.79 Å². The Labute approximate surface area is 118 Å². The van der Waals surface area contributed by atoms with Crippen LogP contribution in [0.25, 0.3) is 0 Å². The van der Waals surface area contributed by atoms with Crippen LogP contribution in [0.4, 0.5) is 18.0 Å². The Balaban J connectivity index is 2.57. The van der Waals surface area contributed by atoms with Crippen molar-refractivity contribution >= 4 is 23.8 Å². The van der Waals surface area contributed by atoms with E-state index in [2.05, 4.69) is 5.32 Å². The van der Waals surface area contributed by atoms with Gasteiger partial charge in [-0.1, -0.05) is 0 Å². The number of amides is 2. The number of carbonyl (C=O) groups excluding carboxylic acids is 1. The van der Waals surface area contributed by atoms with E-state index < -0.39 is 36.7 Å². The highest BCUT2D eigenvalue weighted by Crippen LogP contribution is 2.22. The lowest BCUT2D eigenvalue weighted by atomic mass is 10.2. The topological polar surface area (TPSA) is 69.6 Å². The molecule has 9 heteroatoms. The van der Waals surface area contributed by atoms with E-state index in [4.69, 9.17) is 5.11 Å². The number of alkyl halides is 3. The van der Waals surface area contributed by atoms with E-state index in [9.17, 15) is 22.8 Å². The maximum atomic E-state index is 12.2. The molecule has 0 radical (unpaired) electrons. The van der Waals surface area contributed by atoms with Gasteiger partial charge >= 0.3 is 18.2 Å². The largest absolute Gasteiger partial charge is 0.481 e. The van der Waals surface area contributed by atoms with Crippen molar-refractivity contribution in [1.82, 2.24) is 10.2 Å². The first kappa shape index (κ1) is 16.9. The normalized spacial score (nSPS) is 21.4. The van der Waals surface area contributed by atoms with Crippen molar-refractivity contribution in [2.45, 2.75) is 38.0 Å². The van der Waals surface area contributed by atoms with Gasteiger partial charge in [0.1, 0.15) is 0 Å². The monoisotopic (exact) mass is 314 g/mol. The van der Waals surface area contributed by atoms with Gasteiger partial charge < -0.3 is 15.3 Å². The third kappa shape index (κ3) is 5.89. The first-order valence-corrected chi connectivity index (χ1v) is 7.28. The van der Waals surface area contributed by atoms with Crippen molar-refractivity contribution < 1.29 is 27.9 Å². The van der Waals surface area contributed by atoms with Crippen molar-refractivity contribution in [2.24, 2.45) is 0 Å². The molecule has 116 valence electrons. The second kappa shape index (κ2) is 7.05. The number of hydrogen-bond donors (Lipinski definition) is 2. The van der Waals surface area contributed by atoms with Crippen molar-refractivity contribution in [1.29, 1.82) is 0 Å².